The van der Waals surface area contributed by atoms with E-state index in [0.29, 0.717) is 34.7 Å². The van der Waals surface area contributed by atoms with Crippen molar-refractivity contribution >= 4 is 45.4 Å². The number of pyridine rings is 1. The molecule has 5 rings (SSSR count). The highest BCUT2D eigenvalue weighted by Gasteiger charge is 2.39. The Morgan fingerprint density at radius 2 is 1.85 bits per heavy atom. The van der Waals surface area contributed by atoms with E-state index in [0.717, 1.165) is 35.6 Å². The number of ether oxygens (including phenoxy) is 1. The minimum Gasteiger partial charge on any atom is -0.409 e. The lowest BCUT2D eigenvalue weighted by molar-refractivity contribution is -0.486. The Hall–Kier alpha value is -3.31. The van der Waals surface area contributed by atoms with E-state index in [4.69, 9.17) is 9.72 Å². The lowest BCUT2D eigenvalue weighted by atomic mass is 9.86. The number of carbonyl (C=O) groups excluding carboxylic acids is 1. The molecule has 1 aromatic carbocycles. The van der Waals surface area contributed by atoms with Crippen molar-refractivity contribution in [1.82, 2.24) is 9.97 Å². The number of hydrogen-bond donors (Lipinski definition) is 2. The van der Waals surface area contributed by atoms with E-state index < -0.39 is 15.9 Å². The molecule has 2 aromatic heterocycles. The third-order valence-corrected chi connectivity index (χ3v) is 10.7. The molecule has 0 spiro atoms. The van der Waals surface area contributed by atoms with Crippen molar-refractivity contribution in [2.24, 2.45) is 0 Å². The van der Waals surface area contributed by atoms with Gasteiger partial charge in [-0.2, -0.15) is 4.79 Å². The summed E-state index contributed by atoms with van der Waals surface area (Å²) in [6.07, 6.45) is 7.44. The fourth-order valence-corrected chi connectivity index (χ4v) is 7.99. The Morgan fingerprint density at radius 3 is 2.49 bits per heavy atom. The number of hydrogen-bond acceptors (Lipinski definition) is 8. The third-order valence-electron chi connectivity index (χ3n) is 7.17. The normalized spacial score (nSPS) is 19.6. The van der Waals surface area contributed by atoms with Crippen molar-refractivity contribution in [3.8, 4) is 10.4 Å². The van der Waals surface area contributed by atoms with E-state index in [2.05, 4.69) is 17.0 Å². The molecule has 2 aliphatic rings. The average Bonchev–Trinajstić information content (AvgIpc) is 3.67. The molecule has 2 heterocycles. The van der Waals surface area contributed by atoms with Crippen molar-refractivity contribution in [1.29, 1.82) is 0 Å². The molecule has 2 fully saturated rings. The monoisotopic (exact) mass is 569 g/mol. The zero-order chi connectivity index (χ0) is 27.7. The summed E-state index contributed by atoms with van der Waals surface area (Å²) in [6.45, 7) is 7.55. The van der Waals surface area contributed by atoms with E-state index in [9.17, 15) is 18.0 Å². The van der Waals surface area contributed by atoms with E-state index >= 15 is 0 Å². The quantitative estimate of drug-likeness (QED) is 0.273. The van der Waals surface area contributed by atoms with Crippen molar-refractivity contribution in [3.05, 3.63) is 58.1 Å². The number of amides is 1. The molecule has 0 saturated heterocycles. The lowest BCUT2D eigenvalue weighted by Gasteiger charge is -2.24. The second-order valence-corrected chi connectivity index (χ2v) is 13.8. The molecule has 0 atom stereocenters. The molecule has 0 aliphatic heterocycles. The maximum atomic E-state index is 13.4. The Balaban J connectivity index is 1.35. The van der Waals surface area contributed by atoms with Crippen LogP contribution in [-0.2, 0) is 14.6 Å². The molecular formula is C28H33N4O5S2+. The molecule has 0 radical (unpaired) electrons. The first-order valence-corrected chi connectivity index (χ1v) is 15.6. The van der Waals surface area contributed by atoms with Gasteiger partial charge in [0.1, 0.15) is 12.8 Å². The van der Waals surface area contributed by atoms with Crippen LogP contribution in [0.25, 0.3) is 10.4 Å². The smallest absolute Gasteiger partial charge is 0.409 e. The first-order chi connectivity index (χ1) is 18.6. The van der Waals surface area contributed by atoms with Crippen LogP contribution in [0.5, 0.6) is 0 Å². The van der Waals surface area contributed by atoms with Gasteiger partial charge in [-0.25, -0.2) is 13.4 Å². The fraction of sp³-hybridized carbons (Fsp3) is 0.429. The second-order valence-electron chi connectivity index (χ2n) is 10.5. The molecular weight excluding hydrogens is 536 g/mol. The summed E-state index contributed by atoms with van der Waals surface area (Å²) in [5, 5.41) is 3.81. The Morgan fingerprint density at radius 1 is 1.13 bits per heavy atom. The predicted molar refractivity (Wildman–Crippen MR) is 152 cm³/mol. The van der Waals surface area contributed by atoms with Crippen LogP contribution < -0.4 is 10.9 Å². The Labute approximate surface area is 231 Å². The first kappa shape index (κ1) is 27.3. The summed E-state index contributed by atoms with van der Waals surface area (Å²) in [5.41, 5.74) is 1.74. The molecule has 0 unspecified atom stereocenters. The number of anilines is 2. The van der Waals surface area contributed by atoms with Crippen molar-refractivity contribution < 1.29 is 22.5 Å². The summed E-state index contributed by atoms with van der Waals surface area (Å²) in [4.78, 5) is 32.0. The molecule has 11 heteroatoms. The number of nitrogens with zero attached hydrogens (tertiary/aromatic N) is 2. The van der Waals surface area contributed by atoms with Gasteiger partial charge in [-0.1, -0.05) is 6.07 Å². The van der Waals surface area contributed by atoms with Crippen molar-refractivity contribution in [2.75, 3.05) is 5.32 Å². The third kappa shape index (κ3) is 6.14. The highest BCUT2D eigenvalue weighted by molar-refractivity contribution is 7.92. The van der Waals surface area contributed by atoms with Gasteiger partial charge in [0, 0.05) is 48.5 Å². The van der Waals surface area contributed by atoms with E-state index in [1.165, 1.54) is 22.0 Å². The highest BCUT2D eigenvalue weighted by Crippen LogP contribution is 2.43. The zero-order valence-corrected chi connectivity index (χ0v) is 23.7. The molecule has 2 N–H and O–H groups in total. The number of aromatic nitrogens is 2. The number of thiazole rings is 1. The standard InChI is InChI=1S/C28H32N4O5S2/c1-17(2)37-28(34)32(3)21-8-4-18(5-9-21)27-30-16-24(38-27)23-12-6-19(31-20-7-13-26(33)29-15-20)14-25(23)39(35,36)22-10-11-22/h6-7,12-18,21-22,31H,3-5,8-11H2,1-2H3/p+1. The molecule has 2 aliphatic carbocycles. The van der Waals surface area contributed by atoms with Crippen LogP contribution in [0.3, 0.4) is 0 Å². The van der Waals surface area contributed by atoms with E-state index in [-0.39, 0.29) is 28.9 Å². The van der Waals surface area contributed by atoms with Gasteiger partial charge in [-0.3, -0.25) is 4.79 Å². The van der Waals surface area contributed by atoms with Gasteiger partial charge in [0.2, 0.25) is 5.56 Å². The van der Waals surface area contributed by atoms with Crippen LogP contribution in [0.15, 0.2) is 52.4 Å². The lowest BCUT2D eigenvalue weighted by Crippen LogP contribution is -2.35. The van der Waals surface area contributed by atoms with Crippen LogP contribution in [-0.4, -0.2) is 53.2 Å². The van der Waals surface area contributed by atoms with Gasteiger partial charge >= 0.3 is 6.09 Å². The van der Waals surface area contributed by atoms with Crippen LogP contribution in [0.4, 0.5) is 16.2 Å². The number of H-pyrrole nitrogens is 1. The average molecular weight is 570 g/mol. The number of nitrogens with one attached hydrogen (secondary N) is 2. The second kappa shape index (κ2) is 11.1. The molecule has 0 bridgehead atoms. The summed E-state index contributed by atoms with van der Waals surface area (Å²) in [7, 11) is -3.49. The van der Waals surface area contributed by atoms with Gasteiger partial charge in [0.05, 0.1) is 25.7 Å². The van der Waals surface area contributed by atoms with Gasteiger partial charge in [0.25, 0.3) is 0 Å². The van der Waals surface area contributed by atoms with Crippen molar-refractivity contribution in [3.63, 3.8) is 0 Å². The number of aromatic amines is 1. The molecule has 1 amide bonds. The number of benzene rings is 1. The molecule has 3 aromatic rings. The number of carbonyl (C=O) groups is 1. The Bertz CT molecular complexity index is 1530. The van der Waals surface area contributed by atoms with Gasteiger partial charge in [-0.15, -0.1) is 15.9 Å². The van der Waals surface area contributed by atoms with Gasteiger partial charge in [-0.05, 0) is 57.7 Å². The first-order valence-electron chi connectivity index (χ1n) is 13.2. The summed E-state index contributed by atoms with van der Waals surface area (Å²) >= 11 is 1.53. The van der Waals surface area contributed by atoms with Crippen LogP contribution in [0, 0.1) is 0 Å². The minimum atomic E-state index is -3.49. The molecule has 206 valence electrons. The van der Waals surface area contributed by atoms with Crippen molar-refractivity contribution in [2.45, 2.75) is 80.6 Å². The van der Waals surface area contributed by atoms with Gasteiger partial charge < -0.3 is 15.0 Å². The minimum absolute atomic E-state index is 0.0321. The van der Waals surface area contributed by atoms with Crippen LogP contribution in [0.1, 0.15) is 63.3 Å². The summed E-state index contributed by atoms with van der Waals surface area (Å²) < 4.78 is 33.6. The number of rotatable bonds is 8. The predicted octanol–water partition coefficient (Wildman–Crippen LogP) is 5.46. The topological polar surface area (TPSA) is 121 Å². The van der Waals surface area contributed by atoms with Gasteiger partial charge in [0.15, 0.2) is 15.9 Å². The van der Waals surface area contributed by atoms with E-state index in [1.807, 2.05) is 26.0 Å². The molecule has 2 saturated carbocycles. The zero-order valence-electron chi connectivity index (χ0n) is 22.1. The Kier molecular flexibility index (Phi) is 7.73. The molecule has 39 heavy (non-hydrogen) atoms. The fourth-order valence-electron chi connectivity index (χ4n) is 4.91. The van der Waals surface area contributed by atoms with E-state index in [1.54, 1.807) is 24.5 Å². The SMILES string of the molecule is C=[N+](C(=O)OC(C)C)C1CCC(c2ncc(-c3ccc(Nc4ccc(=O)[nH]c4)cc3S(=O)(=O)C3CC3)s2)CC1. The number of sulfone groups is 1. The summed E-state index contributed by atoms with van der Waals surface area (Å²) in [6, 6.07) is 8.44. The maximum absolute atomic E-state index is 13.4. The maximum Gasteiger partial charge on any atom is 0.596 e. The van der Waals surface area contributed by atoms with Crippen LogP contribution >= 0.6 is 11.3 Å². The largest absolute Gasteiger partial charge is 0.596 e. The summed E-state index contributed by atoms with van der Waals surface area (Å²) in [5.74, 6) is 0.249. The van der Waals surface area contributed by atoms with Crippen LogP contribution in [0.2, 0.25) is 0 Å². The molecule has 9 nitrogen and oxygen atoms in total. The highest BCUT2D eigenvalue weighted by atomic mass is 32.2.